The Labute approximate surface area is 193 Å². The highest BCUT2D eigenvalue weighted by Crippen LogP contribution is 2.44. The number of carbonyl (C=O) groups excluding carboxylic acids is 2. The van der Waals surface area contributed by atoms with Gasteiger partial charge in [0.15, 0.2) is 10.7 Å². The molecule has 0 saturated heterocycles. The number of nitrogens with zero attached hydrogens (tertiary/aromatic N) is 1. The molecule has 0 bridgehead atoms. The van der Waals surface area contributed by atoms with Gasteiger partial charge in [-0.1, -0.05) is 48.5 Å². The molecule has 0 aliphatic heterocycles. The number of aromatic nitrogens is 1. The summed E-state index contributed by atoms with van der Waals surface area (Å²) in [5.74, 6) is -2.26. The zero-order chi connectivity index (χ0) is 23.6. The highest BCUT2D eigenvalue weighted by molar-refractivity contribution is 7.14. The lowest BCUT2D eigenvalue weighted by Crippen LogP contribution is -2.55. The summed E-state index contributed by atoms with van der Waals surface area (Å²) >= 11 is 0.990. The van der Waals surface area contributed by atoms with E-state index in [-0.39, 0.29) is 23.4 Å². The lowest BCUT2D eigenvalue weighted by atomic mass is 9.98. The first-order valence-corrected chi connectivity index (χ1v) is 10.9. The van der Waals surface area contributed by atoms with Crippen LogP contribution in [-0.4, -0.2) is 51.9 Å². The maximum Gasteiger partial charge on any atom is 0.413 e. The van der Waals surface area contributed by atoms with Crippen molar-refractivity contribution in [1.29, 1.82) is 0 Å². The molecule has 9 nitrogen and oxygen atoms in total. The third-order valence-electron chi connectivity index (χ3n) is 5.47. The van der Waals surface area contributed by atoms with Crippen molar-refractivity contribution in [2.24, 2.45) is 0 Å². The van der Waals surface area contributed by atoms with Gasteiger partial charge in [0.2, 0.25) is 0 Å². The first-order chi connectivity index (χ1) is 15.8. The van der Waals surface area contributed by atoms with E-state index in [0.29, 0.717) is 0 Å². The number of hydrogen-bond donors (Lipinski definition) is 4. The number of fused-ring (bicyclic) bond motifs is 3. The second kappa shape index (κ2) is 9.00. The molecule has 2 aromatic carbocycles. The van der Waals surface area contributed by atoms with Gasteiger partial charge < -0.3 is 20.3 Å². The molecular formula is C23H21N3O6S. The van der Waals surface area contributed by atoms with Crippen molar-refractivity contribution < 1.29 is 29.3 Å². The normalized spacial score (nSPS) is 14.0. The molecule has 170 valence electrons. The van der Waals surface area contributed by atoms with Crippen LogP contribution >= 0.6 is 11.3 Å². The quantitative estimate of drug-likeness (QED) is 0.419. The van der Waals surface area contributed by atoms with Crippen molar-refractivity contribution in [1.82, 2.24) is 10.3 Å². The molecular weight excluding hydrogens is 446 g/mol. The molecule has 0 saturated carbocycles. The number of anilines is 1. The molecule has 0 fully saturated rings. The Balaban J connectivity index is 1.38. The molecule has 10 heteroatoms. The number of aliphatic hydroxyl groups is 1. The van der Waals surface area contributed by atoms with E-state index >= 15 is 0 Å². The molecule has 1 aliphatic carbocycles. The summed E-state index contributed by atoms with van der Waals surface area (Å²) in [6, 6.07) is 16.0. The van der Waals surface area contributed by atoms with Crippen LogP contribution in [0.2, 0.25) is 0 Å². The Kier molecular flexibility index (Phi) is 6.12. The zero-order valence-electron chi connectivity index (χ0n) is 17.6. The monoisotopic (exact) mass is 467 g/mol. The van der Waals surface area contributed by atoms with Crippen LogP contribution < -0.4 is 10.6 Å². The van der Waals surface area contributed by atoms with Crippen LogP contribution in [0.25, 0.3) is 11.1 Å². The SMILES string of the molecule is CC(CO)(NC(=O)c1csc(NC(=O)OCC2c3ccccc3-c3ccccc32)n1)C(=O)O. The van der Waals surface area contributed by atoms with Crippen LogP contribution in [0.3, 0.4) is 0 Å². The van der Waals surface area contributed by atoms with Crippen LogP contribution in [-0.2, 0) is 9.53 Å². The topological polar surface area (TPSA) is 138 Å². The first-order valence-electron chi connectivity index (χ1n) is 10.1. The maximum atomic E-state index is 12.4. The van der Waals surface area contributed by atoms with Gasteiger partial charge in [-0.2, -0.15) is 0 Å². The Bertz CT molecular complexity index is 1180. The number of aliphatic carboxylic acids is 1. The molecule has 3 aromatic rings. The number of rotatable bonds is 7. The van der Waals surface area contributed by atoms with Gasteiger partial charge in [-0.05, 0) is 29.2 Å². The van der Waals surface area contributed by atoms with E-state index in [1.807, 2.05) is 48.5 Å². The van der Waals surface area contributed by atoms with Gasteiger partial charge >= 0.3 is 12.1 Å². The van der Waals surface area contributed by atoms with E-state index in [9.17, 15) is 19.5 Å². The molecule has 0 spiro atoms. The molecule has 33 heavy (non-hydrogen) atoms. The number of carboxylic acid groups (broad SMARTS) is 1. The minimum atomic E-state index is -1.85. The predicted molar refractivity (Wildman–Crippen MR) is 121 cm³/mol. The fraction of sp³-hybridized carbons (Fsp3) is 0.217. The Morgan fingerprint density at radius 2 is 1.70 bits per heavy atom. The third-order valence-corrected chi connectivity index (χ3v) is 6.22. The molecule has 4 N–H and O–H groups in total. The molecule has 4 rings (SSSR count). The fourth-order valence-corrected chi connectivity index (χ4v) is 4.31. The zero-order valence-corrected chi connectivity index (χ0v) is 18.4. The van der Waals surface area contributed by atoms with E-state index in [0.717, 1.165) is 33.6 Å². The molecule has 1 atom stereocenters. The summed E-state index contributed by atoms with van der Waals surface area (Å²) in [6.45, 7) is 0.518. The number of aliphatic hydroxyl groups excluding tert-OH is 1. The number of nitrogens with one attached hydrogen (secondary N) is 2. The standard InChI is InChI=1S/C23H21N3O6S/c1-23(12-27,20(29)30)26-19(28)18-11-33-21(24-18)25-22(31)32-10-17-15-8-4-2-6-13(15)14-7-3-5-9-16(14)17/h2-9,11,17,27H,10,12H2,1H3,(H,26,28)(H,29,30)(H,24,25,31). The lowest BCUT2D eigenvalue weighted by molar-refractivity contribution is -0.145. The van der Waals surface area contributed by atoms with Gasteiger partial charge in [-0.3, -0.25) is 10.1 Å². The van der Waals surface area contributed by atoms with Crippen LogP contribution in [0.4, 0.5) is 9.93 Å². The van der Waals surface area contributed by atoms with Gasteiger partial charge in [-0.15, -0.1) is 11.3 Å². The Morgan fingerprint density at radius 3 is 2.27 bits per heavy atom. The average Bonchev–Trinajstić information content (AvgIpc) is 3.40. The van der Waals surface area contributed by atoms with Crippen LogP contribution in [0.15, 0.2) is 53.9 Å². The summed E-state index contributed by atoms with van der Waals surface area (Å²) in [7, 11) is 0. The largest absolute Gasteiger partial charge is 0.479 e. The second-order valence-corrected chi connectivity index (χ2v) is 8.60. The van der Waals surface area contributed by atoms with E-state index in [2.05, 4.69) is 15.6 Å². The molecule has 1 unspecified atom stereocenters. The van der Waals surface area contributed by atoms with E-state index in [4.69, 9.17) is 9.84 Å². The van der Waals surface area contributed by atoms with Crippen molar-refractivity contribution in [2.75, 3.05) is 18.5 Å². The average molecular weight is 468 g/mol. The highest BCUT2D eigenvalue weighted by atomic mass is 32.1. The van der Waals surface area contributed by atoms with E-state index in [1.165, 1.54) is 12.3 Å². The maximum absolute atomic E-state index is 12.4. The predicted octanol–water partition coefficient (Wildman–Crippen LogP) is 3.07. The number of amides is 2. The number of thiazole rings is 1. The van der Waals surface area contributed by atoms with Crippen LogP contribution in [0, 0.1) is 0 Å². The molecule has 2 amide bonds. The smallest absolute Gasteiger partial charge is 0.413 e. The van der Waals surface area contributed by atoms with Crippen molar-refractivity contribution in [3.05, 3.63) is 70.7 Å². The van der Waals surface area contributed by atoms with Crippen LogP contribution in [0.1, 0.15) is 34.5 Å². The van der Waals surface area contributed by atoms with Crippen molar-refractivity contribution in [2.45, 2.75) is 18.4 Å². The van der Waals surface area contributed by atoms with E-state index in [1.54, 1.807) is 0 Å². The summed E-state index contributed by atoms with van der Waals surface area (Å²) in [4.78, 5) is 39.9. The van der Waals surface area contributed by atoms with Gasteiger partial charge in [0.1, 0.15) is 12.3 Å². The summed E-state index contributed by atoms with van der Waals surface area (Å²) in [5, 5.41) is 24.6. The number of carboxylic acids is 1. The van der Waals surface area contributed by atoms with Crippen LogP contribution in [0.5, 0.6) is 0 Å². The lowest BCUT2D eigenvalue weighted by Gasteiger charge is -2.22. The van der Waals surface area contributed by atoms with Crippen molar-refractivity contribution in [3.8, 4) is 11.1 Å². The molecule has 1 aromatic heterocycles. The third kappa shape index (κ3) is 4.43. The molecule has 1 heterocycles. The number of hydrogen-bond acceptors (Lipinski definition) is 7. The number of ether oxygens (including phenoxy) is 1. The van der Waals surface area contributed by atoms with Gasteiger partial charge in [0, 0.05) is 11.3 Å². The van der Waals surface area contributed by atoms with Gasteiger partial charge in [-0.25, -0.2) is 14.6 Å². The Hall–Kier alpha value is -3.76. The summed E-state index contributed by atoms with van der Waals surface area (Å²) in [6.07, 6.45) is -0.719. The molecule has 0 radical (unpaired) electrons. The number of carbonyl (C=O) groups is 3. The second-order valence-electron chi connectivity index (χ2n) is 7.74. The minimum Gasteiger partial charge on any atom is -0.479 e. The highest BCUT2D eigenvalue weighted by Gasteiger charge is 2.35. The summed E-state index contributed by atoms with van der Waals surface area (Å²) in [5.41, 5.74) is 2.48. The Morgan fingerprint density at radius 1 is 1.09 bits per heavy atom. The van der Waals surface area contributed by atoms with E-state index < -0.39 is 30.1 Å². The first kappa shape index (κ1) is 22.4. The molecule has 1 aliphatic rings. The van der Waals surface area contributed by atoms with Crippen molar-refractivity contribution in [3.63, 3.8) is 0 Å². The van der Waals surface area contributed by atoms with Gasteiger partial charge in [0.25, 0.3) is 5.91 Å². The summed E-state index contributed by atoms with van der Waals surface area (Å²) < 4.78 is 5.45. The minimum absolute atomic E-state index is 0.0881. The van der Waals surface area contributed by atoms with Crippen molar-refractivity contribution >= 4 is 34.4 Å². The van der Waals surface area contributed by atoms with Gasteiger partial charge in [0.05, 0.1) is 6.61 Å². The fourth-order valence-electron chi connectivity index (χ4n) is 3.63. The number of benzene rings is 2.